The second-order valence-corrected chi connectivity index (χ2v) is 5.89. The molecule has 1 aromatic carbocycles. The van der Waals surface area contributed by atoms with Gasteiger partial charge in [0, 0.05) is 36.7 Å². The van der Waals surface area contributed by atoms with E-state index in [9.17, 15) is 9.59 Å². The first kappa shape index (κ1) is 16.2. The third kappa shape index (κ3) is 3.14. The highest BCUT2D eigenvalue weighted by atomic mass is 16.5. The summed E-state index contributed by atoms with van der Waals surface area (Å²) < 4.78 is 6.81. The van der Waals surface area contributed by atoms with E-state index < -0.39 is 0 Å². The smallest absolute Gasteiger partial charge is 0.261 e. The Morgan fingerprint density at radius 3 is 2.85 bits per heavy atom. The summed E-state index contributed by atoms with van der Waals surface area (Å²) in [5.74, 6) is -0.392. The number of hydrogen-bond donors (Lipinski definition) is 1. The number of hydrogen-bond acceptors (Lipinski definition) is 5. The minimum absolute atomic E-state index is 0.0675. The molecule has 8 nitrogen and oxygen atoms in total. The van der Waals surface area contributed by atoms with Crippen molar-refractivity contribution in [3.05, 3.63) is 60.0 Å². The number of fused-ring (bicyclic) bond motifs is 1. The summed E-state index contributed by atoms with van der Waals surface area (Å²) in [5.41, 5.74) is 1.92. The van der Waals surface area contributed by atoms with E-state index in [1.165, 1.54) is 10.7 Å². The Balaban J connectivity index is 1.53. The van der Waals surface area contributed by atoms with E-state index in [1.807, 2.05) is 0 Å². The highest BCUT2D eigenvalue weighted by Gasteiger charge is 2.19. The fraction of sp³-hybridized carbons (Fsp3) is 0.222. The van der Waals surface area contributed by atoms with Gasteiger partial charge in [-0.3, -0.25) is 9.59 Å². The van der Waals surface area contributed by atoms with Crippen LogP contribution in [0.2, 0.25) is 0 Å². The van der Waals surface area contributed by atoms with Crippen LogP contribution >= 0.6 is 0 Å². The molecule has 1 saturated heterocycles. The lowest BCUT2D eigenvalue weighted by atomic mass is 10.1. The predicted molar refractivity (Wildman–Crippen MR) is 94.1 cm³/mol. The fourth-order valence-electron chi connectivity index (χ4n) is 2.86. The molecule has 1 aliphatic rings. The summed E-state index contributed by atoms with van der Waals surface area (Å²) >= 11 is 0. The number of aromatic nitrogens is 3. The maximum Gasteiger partial charge on any atom is 0.261 e. The number of carbonyl (C=O) groups is 2. The second kappa shape index (κ2) is 6.93. The molecule has 4 rings (SSSR count). The van der Waals surface area contributed by atoms with Crippen molar-refractivity contribution >= 4 is 23.1 Å². The average Bonchev–Trinajstić information content (AvgIpc) is 3.12. The molecule has 132 valence electrons. The number of nitrogens with zero attached hydrogens (tertiary/aromatic N) is 4. The zero-order valence-corrected chi connectivity index (χ0v) is 14.0. The van der Waals surface area contributed by atoms with E-state index in [0.717, 1.165) is 0 Å². The minimum Gasteiger partial charge on any atom is -0.378 e. The van der Waals surface area contributed by atoms with Crippen LogP contribution in [-0.4, -0.2) is 57.6 Å². The summed E-state index contributed by atoms with van der Waals surface area (Å²) in [6, 6.07) is 8.65. The van der Waals surface area contributed by atoms with Crippen LogP contribution in [0.4, 0.5) is 5.69 Å². The molecule has 0 saturated carbocycles. The van der Waals surface area contributed by atoms with Crippen molar-refractivity contribution < 1.29 is 14.3 Å². The molecule has 1 N–H and O–H groups in total. The Morgan fingerprint density at radius 1 is 1.15 bits per heavy atom. The standard InChI is InChI=1S/C18H17N5O3/c24-17(15-12-20-23-6-2-5-19-16(15)23)21-14-4-1-3-13(11-14)18(25)22-7-9-26-10-8-22/h1-6,11-12H,7-10H2,(H,21,24). The molecule has 0 radical (unpaired) electrons. The normalized spacial score (nSPS) is 14.4. The third-order valence-electron chi connectivity index (χ3n) is 4.19. The number of carbonyl (C=O) groups excluding carboxylic acids is 2. The van der Waals surface area contributed by atoms with Gasteiger partial charge in [-0.1, -0.05) is 6.07 Å². The third-order valence-corrected chi connectivity index (χ3v) is 4.19. The van der Waals surface area contributed by atoms with Crippen LogP contribution < -0.4 is 5.32 Å². The molecular weight excluding hydrogens is 334 g/mol. The first-order valence-corrected chi connectivity index (χ1v) is 8.29. The minimum atomic E-state index is -0.324. The van der Waals surface area contributed by atoms with Crippen LogP contribution in [0.5, 0.6) is 0 Å². The lowest BCUT2D eigenvalue weighted by Crippen LogP contribution is -2.40. The molecule has 1 fully saturated rings. The molecule has 3 heterocycles. The van der Waals surface area contributed by atoms with Crippen LogP contribution in [0.25, 0.3) is 5.65 Å². The molecule has 0 spiro atoms. The number of morpholine rings is 1. The molecule has 2 amide bonds. The van der Waals surface area contributed by atoms with Gasteiger partial charge in [0.2, 0.25) is 0 Å². The number of ether oxygens (including phenoxy) is 1. The SMILES string of the molecule is O=C(Nc1cccc(C(=O)N2CCOCC2)c1)c1cnn2cccnc12. The van der Waals surface area contributed by atoms with Crippen LogP contribution in [0.15, 0.2) is 48.9 Å². The summed E-state index contributed by atoms with van der Waals surface area (Å²) in [4.78, 5) is 31.1. The Morgan fingerprint density at radius 2 is 2.00 bits per heavy atom. The number of benzene rings is 1. The van der Waals surface area contributed by atoms with Gasteiger partial charge in [-0.05, 0) is 24.3 Å². The van der Waals surface area contributed by atoms with E-state index in [1.54, 1.807) is 47.6 Å². The Labute approximate surface area is 149 Å². The van der Waals surface area contributed by atoms with Crippen molar-refractivity contribution in [1.82, 2.24) is 19.5 Å². The van der Waals surface area contributed by atoms with Crippen molar-refractivity contribution in [3.8, 4) is 0 Å². The van der Waals surface area contributed by atoms with Crippen LogP contribution in [0.3, 0.4) is 0 Å². The number of amides is 2. The van der Waals surface area contributed by atoms with Crippen molar-refractivity contribution in [2.24, 2.45) is 0 Å². The van der Waals surface area contributed by atoms with E-state index in [-0.39, 0.29) is 11.8 Å². The lowest BCUT2D eigenvalue weighted by Gasteiger charge is -2.27. The maximum atomic E-state index is 12.6. The van der Waals surface area contributed by atoms with Crippen molar-refractivity contribution in [2.75, 3.05) is 31.6 Å². The first-order valence-electron chi connectivity index (χ1n) is 8.29. The Hall–Kier alpha value is -3.26. The van der Waals surface area contributed by atoms with Crippen LogP contribution in [-0.2, 0) is 4.74 Å². The topological polar surface area (TPSA) is 88.8 Å². The molecule has 0 aliphatic carbocycles. The van der Waals surface area contributed by atoms with Gasteiger partial charge in [0.15, 0.2) is 5.65 Å². The van der Waals surface area contributed by atoms with Gasteiger partial charge in [-0.2, -0.15) is 5.10 Å². The largest absolute Gasteiger partial charge is 0.378 e. The Bertz CT molecular complexity index is 962. The highest BCUT2D eigenvalue weighted by molar-refractivity contribution is 6.08. The molecule has 26 heavy (non-hydrogen) atoms. The fourth-order valence-corrected chi connectivity index (χ4v) is 2.86. The molecule has 2 aromatic heterocycles. The van der Waals surface area contributed by atoms with E-state index in [4.69, 9.17) is 4.74 Å². The van der Waals surface area contributed by atoms with Gasteiger partial charge in [0.25, 0.3) is 11.8 Å². The summed E-state index contributed by atoms with van der Waals surface area (Å²) in [5, 5.41) is 6.92. The van der Waals surface area contributed by atoms with E-state index in [2.05, 4.69) is 15.4 Å². The monoisotopic (exact) mass is 351 g/mol. The first-order chi connectivity index (χ1) is 12.7. The summed E-state index contributed by atoms with van der Waals surface area (Å²) in [7, 11) is 0. The molecular formula is C18H17N5O3. The van der Waals surface area contributed by atoms with Crippen molar-refractivity contribution in [3.63, 3.8) is 0 Å². The number of anilines is 1. The highest BCUT2D eigenvalue weighted by Crippen LogP contribution is 2.16. The Kier molecular flexibility index (Phi) is 4.32. The van der Waals surface area contributed by atoms with Crippen LogP contribution in [0, 0.1) is 0 Å². The molecule has 8 heteroatoms. The van der Waals surface area contributed by atoms with Gasteiger partial charge < -0.3 is 15.0 Å². The van der Waals surface area contributed by atoms with E-state index in [0.29, 0.717) is 48.8 Å². The predicted octanol–water partition coefficient (Wildman–Crippen LogP) is 1.45. The zero-order chi connectivity index (χ0) is 17.9. The second-order valence-electron chi connectivity index (χ2n) is 5.89. The molecule has 3 aromatic rings. The lowest BCUT2D eigenvalue weighted by molar-refractivity contribution is 0.0303. The molecule has 0 atom stereocenters. The molecule has 0 bridgehead atoms. The van der Waals surface area contributed by atoms with Crippen molar-refractivity contribution in [2.45, 2.75) is 0 Å². The van der Waals surface area contributed by atoms with E-state index >= 15 is 0 Å². The van der Waals surface area contributed by atoms with Gasteiger partial charge in [0.05, 0.1) is 19.4 Å². The van der Waals surface area contributed by atoms with Gasteiger partial charge >= 0.3 is 0 Å². The summed E-state index contributed by atoms with van der Waals surface area (Å²) in [6.45, 7) is 2.24. The number of nitrogens with one attached hydrogen (secondary N) is 1. The number of rotatable bonds is 3. The molecule has 0 unspecified atom stereocenters. The molecule has 1 aliphatic heterocycles. The van der Waals surface area contributed by atoms with Gasteiger partial charge in [0.1, 0.15) is 5.56 Å². The maximum absolute atomic E-state index is 12.6. The van der Waals surface area contributed by atoms with Gasteiger partial charge in [-0.25, -0.2) is 9.50 Å². The zero-order valence-electron chi connectivity index (χ0n) is 14.0. The van der Waals surface area contributed by atoms with Gasteiger partial charge in [-0.15, -0.1) is 0 Å². The average molecular weight is 351 g/mol. The summed E-state index contributed by atoms with van der Waals surface area (Å²) in [6.07, 6.45) is 4.80. The van der Waals surface area contributed by atoms with Crippen LogP contribution in [0.1, 0.15) is 20.7 Å². The quantitative estimate of drug-likeness (QED) is 0.772. The van der Waals surface area contributed by atoms with Crippen molar-refractivity contribution in [1.29, 1.82) is 0 Å².